The van der Waals surface area contributed by atoms with E-state index in [4.69, 9.17) is 5.73 Å². The van der Waals surface area contributed by atoms with Gasteiger partial charge in [0.2, 0.25) is 0 Å². The fraction of sp³-hybridized carbons (Fsp3) is 0.500. The summed E-state index contributed by atoms with van der Waals surface area (Å²) in [5, 5.41) is 2.58. The van der Waals surface area contributed by atoms with Crippen molar-refractivity contribution in [1.82, 2.24) is 10.2 Å². The van der Waals surface area contributed by atoms with Crippen molar-refractivity contribution in [2.45, 2.75) is 26.8 Å². The smallest absolute Gasteiger partial charge is 0.309 e. The van der Waals surface area contributed by atoms with Gasteiger partial charge in [0.15, 0.2) is 0 Å². The number of hydrogen-bond acceptors (Lipinski definition) is 3. The number of nitrogens with zero attached hydrogens (tertiary/aromatic N) is 1. The highest BCUT2D eigenvalue weighted by Crippen LogP contribution is 2.19. The Morgan fingerprint density at radius 3 is 2.76 bits per heavy atom. The van der Waals surface area contributed by atoms with Crippen molar-refractivity contribution in [3.05, 3.63) is 34.9 Å². The number of rotatable bonds is 4. The number of carbonyl (C=O) groups is 2. The molecule has 21 heavy (non-hydrogen) atoms. The zero-order valence-electron chi connectivity index (χ0n) is 12.7. The molecule has 1 heterocycles. The summed E-state index contributed by atoms with van der Waals surface area (Å²) in [7, 11) is 0. The van der Waals surface area contributed by atoms with Gasteiger partial charge in [-0.15, -0.1) is 0 Å². The number of amides is 2. The molecule has 1 aliphatic rings. The molecule has 3 N–H and O–H groups in total. The summed E-state index contributed by atoms with van der Waals surface area (Å²) in [6.07, 6.45) is 1.03. The van der Waals surface area contributed by atoms with Crippen molar-refractivity contribution in [1.29, 1.82) is 0 Å². The van der Waals surface area contributed by atoms with E-state index >= 15 is 0 Å². The van der Waals surface area contributed by atoms with Crippen LogP contribution in [0.25, 0.3) is 0 Å². The SMILES string of the molecule is Cc1ccc(CN2CC[C@@H](CNC(=O)C(N)=O)C2)cc1C. The molecule has 1 aliphatic heterocycles. The Bertz CT molecular complexity index is 542. The number of primary amides is 1. The molecule has 0 spiro atoms. The average Bonchev–Trinajstić information content (AvgIpc) is 2.87. The van der Waals surface area contributed by atoms with E-state index in [-0.39, 0.29) is 0 Å². The Hall–Kier alpha value is -1.88. The fourth-order valence-electron chi connectivity index (χ4n) is 2.71. The summed E-state index contributed by atoms with van der Waals surface area (Å²) >= 11 is 0. The third-order valence-corrected chi connectivity index (χ3v) is 4.12. The first-order valence-corrected chi connectivity index (χ1v) is 7.32. The molecule has 0 radical (unpaired) electrons. The highest BCUT2D eigenvalue weighted by Gasteiger charge is 2.23. The van der Waals surface area contributed by atoms with Crippen LogP contribution in [-0.2, 0) is 16.1 Å². The van der Waals surface area contributed by atoms with Crippen LogP contribution >= 0.6 is 0 Å². The number of nitrogens with one attached hydrogen (secondary N) is 1. The van der Waals surface area contributed by atoms with E-state index in [9.17, 15) is 9.59 Å². The monoisotopic (exact) mass is 289 g/mol. The van der Waals surface area contributed by atoms with E-state index in [1.54, 1.807) is 0 Å². The topological polar surface area (TPSA) is 75.4 Å². The second kappa shape index (κ2) is 6.72. The predicted octanol–water partition coefficient (Wildman–Crippen LogP) is 0.727. The van der Waals surface area contributed by atoms with E-state index < -0.39 is 11.8 Å². The van der Waals surface area contributed by atoms with Crippen LogP contribution in [0.3, 0.4) is 0 Å². The lowest BCUT2D eigenvalue weighted by Crippen LogP contribution is -2.39. The van der Waals surface area contributed by atoms with Gasteiger partial charge in [-0.25, -0.2) is 0 Å². The van der Waals surface area contributed by atoms with Gasteiger partial charge in [-0.3, -0.25) is 14.5 Å². The van der Waals surface area contributed by atoms with Crippen LogP contribution in [0, 0.1) is 19.8 Å². The van der Waals surface area contributed by atoms with Crippen LogP contribution < -0.4 is 11.1 Å². The molecule has 1 aromatic carbocycles. The molecule has 114 valence electrons. The lowest BCUT2D eigenvalue weighted by atomic mass is 10.1. The molecule has 1 aromatic rings. The molecule has 2 amide bonds. The van der Waals surface area contributed by atoms with Crippen LogP contribution in [0.15, 0.2) is 18.2 Å². The number of aryl methyl sites for hydroxylation is 2. The predicted molar refractivity (Wildman–Crippen MR) is 81.5 cm³/mol. The van der Waals surface area contributed by atoms with Crippen molar-refractivity contribution in [2.24, 2.45) is 11.7 Å². The van der Waals surface area contributed by atoms with Crippen molar-refractivity contribution in [3.63, 3.8) is 0 Å². The van der Waals surface area contributed by atoms with Gasteiger partial charge >= 0.3 is 11.8 Å². The Balaban J connectivity index is 1.81. The van der Waals surface area contributed by atoms with E-state index in [0.717, 1.165) is 26.1 Å². The van der Waals surface area contributed by atoms with E-state index in [2.05, 4.69) is 42.3 Å². The second-order valence-electron chi connectivity index (χ2n) is 5.88. The van der Waals surface area contributed by atoms with Crippen LogP contribution in [0.1, 0.15) is 23.1 Å². The highest BCUT2D eigenvalue weighted by molar-refractivity contribution is 6.34. The summed E-state index contributed by atoms with van der Waals surface area (Å²) in [4.78, 5) is 24.2. The maximum Gasteiger partial charge on any atom is 0.309 e. The fourth-order valence-corrected chi connectivity index (χ4v) is 2.71. The quantitative estimate of drug-likeness (QED) is 0.802. The molecule has 1 fully saturated rings. The summed E-state index contributed by atoms with van der Waals surface area (Å²) in [5.74, 6) is -1.22. The first kappa shape index (κ1) is 15.5. The first-order chi connectivity index (χ1) is 9.95. The van der Waals surface area contributed by atoms with E-state index in [0.29, 0.717) is 12.5 Å². The van der Waals surface area contributed by atoms with E-state index in [1.165, 1.54) is 16.7 Å². The summed E-state index contributed by atoms with van der Waals surface area (Å²) in [6, 6.07) is 6.56. The molecule has 0 aromatic heterocycles. The third-order valence-electron chi connectivity index (χ3n) is 4.12. The Morgan fingerprint density at radius 2 is 2.10 bits per heavy atom. The number of hydrogen-bond donors (Lipinski definition) is 2. The number of likely N-dealkylation sites (tertiary alicyclic amines) is 1. The van der Waals surface area contributed by atoms with Crippen LogP contribution in [0.5, 0.6) is 0 Å². The molecule has 1 saturated heterocycles. The van der Waals surface area contributed by atoms with Gasteiger partial charge < -0.3 is 11.1 Å². The van der Waals surface area contributed by atoms with E-state index in [1.807, 2.05) is 0 Å². The number of nitrogens with two attached hydrogens (primary N) is 1. The maximum atomic E-state index is 11.1. The molecule has 0 bridgehead atoms. The largest absolute Gasteiger partial charge is 0.361 e. The van der Waals surface area contributed by atoms with Crippen molar-refractivity contribution in [3.8, 4) is 0 Å². The standard InChI is InChI=1S/C16H23N3O2/c1-11-3-4-13(7-12(11)2)9-19-6-5-14(10-19)8-18-16(21)15(17)20/h3-4,7,14H,5-6,8-10H2,1-2H3,(H2,17,20)(H,18,21)/t14-/m0/s1. The molecule has 5 nitrogen and oxygen atoms in total. The molecule has 2 rings (SSSR count). The molecular formula is C16H23N3O2. The second-order valence-corrected chi connectivity index (χ2v) is 5.88. The molecule has 0 saturated carbocycles. The summed E-state index contributed by atoms with van der Waals surface area (Å²) in [6.45, 7) is 7.65. The van der Waals surface area contributed by atoms with Crippen molar-refractivity contribution >= 4 is 11.8 Å². The molecule has 5 heteroatoms. The van der Waals surface area contributed by atoms with Crippen molar-refractivity contribution < 1.29 is 9.59 Å². The zero-order valence-corrected chi connectivity index (χ0v) is 12.7. The van der Waals surface area contributed by atoms with Crippen molar-refractivity contribution in [2.75, 3.05) is 19.6 Å². The van der Waals surface area contributed by atoms with Gasteiger partial charge in [-0.1, -0.05) is 18.2 Å². The third kappa shape index (κ3) is 4.29. The molecular weight excluding hydrogens is 266 g/mol. The van der Waals surface area contributed by atoms with Gasteiger partial charge in [-0.05, 0) is 49.4 Å². The Kier molecular flexibility index (Phi) is 4.96. The number of carbonyl (C=O) groups excluding carboxylic acids is 2. The normalized spacial score (nSPS) is 18.7. The van der Waals surface area contributed by atoms with Gasteiger partial charge in [0.1, 0.15) is 0 Å². The van der Waals surface area contributed by atoms with Gasteiger partial charge in [0.05, 0.1) is 0 Å². The maximum absolute atomic E-state index is 11.1. The summed E-state index contributed by atoms with van der Waals surface area (Å²) in [5.41, 5.74) is 8.86. The molecule has 0 aliphatic carbocycles. The minimum Gasteiger partial charge on any atom is -0.361 e. The van der Waals surface area contributed by atoms with Gasteiger partial charge in [0, 0.05) is 19.6 Å². The summed E-state index contributed by atoms with van der Waals surface area (Å²) < 4.78 is 0. The van der Waals surface area contributed by atoms with Gasteiger partial charge in [-0.2, -0.15) is 0 Å². The Morgan fingerprint density at radius 1 is 1.33 bits per heavy atom. The minimum atomic E-state index is -0.917. The number of benzene rings is 1. The minimum absolute atomic E-state index is 0.389. The average molecular weight is 289 g/mol. The molecule has 1 atom stereocenters. The van der Waals surface area contributed by atoms with Crippen LogP contribution in [0.4, 0.5) is 0 Å². The van der Waals surface area contributed by atoms with Crippen LogP contribution in [0.2, 0.25) is 0 Å². The Labute approximate surface area is 125 Å². The van der Waals surface area contributed by atoms with Gasteiger partial charge in [0.25, 0.3) is 0 Å². The zero-order chi connectivity index (χ0) is 15.4. The lowest BCUT2D eigenvalue weighted by Gasteiger charge is -2.17. The molecule has 0 unspecified atom stereocenters. The van der Waals surface area contributed by atoms with Crippen LogP contribution in [-0.4, -0.2) is 36.3 Å². The lowest BCUT2D eigenvalue weighted by molar-refractivity contribution is -0.137. The highest BCUT2D eigenvalue weighted by atomic mass is 16.2. The first-order valence-electron chi connectivity index (χ1n) is 7.32.